The first-order valence-electron chi connectivity index (χ1n) is 9.74. The predicted molar refractivity (Wildman–Crippen MR) is 116 cm³/mol. The molecule has 0 saturated carbocycles. The van der Waals surface area contributed by atoms with Gasteiger partial charge in [0.2, 0.25) is 5.78 Å². The number of carbonyl (C=O) groups is 1. The zero-order valence-corrected chi connectivity index (χ0v) is 16.8. The molecule has 0 radical (unpaired) electrons. The van der Waals surface area contributed by atoms with Crippen LogP contribution in [0.3, 0.4) is 0 Å². The van der Waals surface area contributed by atoms with E-state index in [2.05, 4.69) is 15.0 Å². The van der Waals surface area contributed by atoms with E-state index in [0.29, 0.717) is 41.5 Å². The first-order valence-corrected chi connectivity index (χ1v) is 9.74. The number of ketones is 1. The van der Waals surface area contributed by atoms with Crippen molar-refractivity contribution < 1.29 is 14.3 Å². The molecule has 1 aliphatic heterocycles. The van der Waals surface area contributed by atoms with Gasteiger partial charge in [0.15, 0.2) is 0 Å². The van der Waals surface area contributed by atoms with Gasteiger partial charge in [0.25, 0.3) is 5.79 Å². The van der Waals surface area contributed by atoms with Crippen molar-refractivity contribution >= 4 is 29.4 Å². The molecule has 1 aliphatic carbocycles. The molecule has 0 aromatic carbocycles. The number of rotatable bonds is 3. The number of aromatic amines is 3. The van der Waals surface area contributed by atoms with Gasteiger partial charge in [-0.05, 0) is 49.8 Å². The highest BCUT2D eigenvalue weighted by Crippen LogP contribution is 2.40. The first kappa shape index (κ1) is 18.5. The number of nitrogen functional groups attached to an aromatic ring is 2. The van der Waals surface area contributed by atoms with Crippen LogP contribution in [0, 0.1) is 13.8 Å². The summed E-state index contributed by atoms with van der Waals surface area (Å²) >= 11 is 0. The number of carbonyl (C=O) groups excluding carboxylic acids is 1. The molecule has 30 heavy (non-hydrogen) atoms. The summed E-state index contributed by atoms with van der Waals surface area (Å²) in [6.45, 7) is 4.54. The van der Waals surface area contributed by atoms with Crippen LogP contribution in [-0.4, -0.2) is 39.7 Å². The van der Waals surface area contributed by atoms with E-state index in [0.717, 1.165) is 28.3 Å². The van der Waals surface area contributed by atoms with E-state index in [-0.39, 0.29) is 5.78 Å². The zero-order chi connectivity index (χ0) is 21.0. The van der Waals surface area contributed by atoms with Crippen LogP contribution in [0.5, 0.6) is 0 Å². The van der Waals surface area contributed by atoms with Gasteiger partial charge >= 0.3 is 0 Å². The number of Topliss-reactive ketones (excluding diaryl/α,β-unsaturated/α-hetero) is 1. The van der Waals surface area contributed by atoms with E-state index in [1.807, 2.05) is 44.2 Å². The number of anilines is 2. The number of nitrogens with one attached hydrogen (secondary N) is 3. The second kappa shape index (κ2) is 6.51. The van der Waals surface area contributed by atoms with Gasteiger partial charge in [-0.2, -0.15) is 0 Å². The Kier molecular flexibility index (Phi) is 4.02. The third-order valence-electron chi connectivity index (χ3n) is 5.63. The molecule has 0 amide bonds. The summed E-state index contributed by atoms with van der Waals surface area (Å²) in [5, 5.41) is 0. The Morgan fingerprint density at radius 1 is 1.00 bits per heavy atom. The van der Waals surface area contributed by atoms with Crippen molar-refractivity contribution in [1.82, 2.24) is 15.0 Å². The zero-order valence-electron chi connectivity index (χ0n) is 16.8. The molecule has 0 bridgehead atoms. The van der Waals surface area contributed by atoms with E-state index < -0.39 is 5.79 Å². The van der Waals surface area contributed by atoms with Crippen LogP contribution in [0.1, 0.15) is 33.0 Å². The average Bonchev–Trinajstić information content (AvgIpc) is 3.47. The van der Waals surface area contributed by atoms with Crippen LogP contribution >= 0.6 is 0 Å². The van der Waals surface area contributed by atoms with Gasteiger partial charge in [0.1, 0.15) is 5.82 Å². The highest BCUT2D eigenvalue weighted by molar-refractivity contribution is 6.10. The number of fused-ring (bicyclic) bond motifs is 1. The smallest absolute Gasteiger partial charge is 0.261 e. The van der Waals surface area contributed by atoms with Gasteiger partial charge in [-0.25, -0.2) is 0 Å². The third-order valence-corrected chi connectivity index (χ3v) is 5.63. The Morgan fingerprint density at radius 3 is 2.37 bits per heavy atom. The molecule has 0 atom stereocenters. The standard InChI is InChI=1S/C22H23N5O3/c1-11-7-18(27-21(11)24)19-10-15-17(26-19)8-13(22(20(15)28)29-5-6-30-22)3-4-14-9-16(23)12(2)25-14/h3-4,7-10,25-27H,5-6,23-24H2,1-2H3/b4-3+. The van der Waals surface area contributed by atoms with E-state index in [1.165, 1.54) is 0 Å². The molecule has 3 aromatic rings. The summed E-state index contributed by atoms with van der Waals surface area (Å²) in [7, 11) is 0. The minimum atomic E-state index is -1.43. The van der Waals surface area contributed by atoms with Gasteiger partial charge in [-0.3, -0.25) is 4.79 Å². The number of aromatic nitrogens is 3. The van der Waals surface area contributed by atoms with Crippen LogP contribution in [0.2, 0.25) is 0 Å². The number of hydrogen-bond acceptors (Lipinski definition) is 5. The minimum absolute atomic E-state index is 0.224. The minimum Gasteiger partial charge on any atom is -0.397 e. The molecule has 154 valence electrons. The Morgan fingerprint density at radius 2 is 1.73 bits per heavy atom. The lowest BCUT2D eigenvalue weighted by Gasteiger charge is -2.29. The summed E-state index contributed by atoms with van der Waals surface area (Å²) in [6.07, 6.45) is 5.58. The third kappa shape index (κ3) is 2.72. The quantitative estimate of drug-likeness (QED) is 0.456. The van der Waals surface area contributed by atoms with Crippen molar-refractivity contribution in [3.8, 4) is 11.4 Å². The van der Waals surface area contributed by atoms with Crippen LogP contribution in [0.25, 0.3) is 23.5 Å². The molecule has 2 aliphatic rings. The van der Waals surface area contributed by atoms with Crippen LogP contribution in [0.15, 0.2) is 29.8 Å². The normalized spacial score (nSPS) is 17.8. The molecule has 8 nitrogen and oxygen atoms in total. The molecule has 1 spiro atoms. The molecule has 3 aromatic heterocycles. The van der Waals surface area contributed by atoms with Gasteiger partial charge < -0.3 is 35.9 Å². The molecule has 1 fully saturated rings. The van der Waals surface area contributed by atoms with E-state index in [9.17, 15) is 4.79 Å². The van der Waals surface area contributed by atoms with Gasteiger partial charge in [0, 0.05) is 22.5 Å². The largest absolute Gasteiger partial charge is 0.397 e. The number of ether oxygens (including phenoxy) is 2. The fourth-order valence-electron chi connectivity index (χ4n) is 3.93. The van der Waals surface area contributed by atoms with Gasteiger partial charge in [-0.15, -0.1) is 0 Å². The number of nitrogens with two attached hydrogens (primary N) is 2. The molecule has 8 heteroatoms. The van der Waals surface area contributed by atoms with Crippen molar-refractivity contribution in [2.75, 3.05) is 24.7 Å². The molecule has 4 heterocycles. The molecule has 0 unspecified atom stereocenters. The monoisotopic (exact) mass is 405 g/mol. The van der Waals surface area contributed by atoms with Crippen molar-refractivity contribution in [3.63, 3.8) is 0 Å². The van der Waals surface area contributed by atoms with Crippen LogP contribution in [0.4, 0.5) is 11.5 Å². The van der Waals surface area contributed by atoms with Crippen LogP contribution in [-0.2, 0) is 9.47 Å². The first-order chi connectivity index (χ1) is 14.4. The summed E-state index contributed by atoms with van der Waals surface area (Å²) in [6, 6.07) is 5.59. The summed E-state index contributed by atoms with van der Waals surface area (Å²) in [5.41, 5.74) is 18.7. The van der Waals surface area contributed by atoms with Crippen molar-refractivity contribution in [2.45, 2.75) is 19.6 Å². The Hall–Kier alpha value is -3.49. The Bertz CT molecular complexity index is 1180. The maximum Gasteiger partial charge on any atom is 0.261 e. The summed E-state index contributed by atoms with van der Waals surface area (Å²) < 4.78 is 11.7. The maximum atomic E-state index is 13.4. The predicted octanol–water partition coefficient (Wildman–Crippen LogP) is 3.16. The van der Waals surface area contributed by atoms with Crippen molar-refractivity contribution in [3.05, 3.63) is 58.1 Å². The SMILES string of the molecule is Cc1cc(-c2cc3c([nH]2)C=C(/C=C/c2cc(N)c(C)[nH]2)C2(OCCO2)C3=O)[nH]c1N. The number of hydrogen-bond donors (Lipinski definition) is 5. The lowest BCUT2D eigenvalue weighted by Crippen LogP contribution is -2.43. The lowest BCUT2D eigenvalue weighted by molar-refractivity contribution is -0.0883. The second-order valence-corrected chi connectivity index (χ2v) is 7.67. The molecule has 5 rings (SSSR count). The van der Waals surface area contributed by atoms with Crippen molar-refractivity contribution in [1.29, 1.82) is 0 Å². The highest BCUT2D eigenvalue weighted by Gasteiger charge is 2.50. The summed E-state index contributed by atoms with van der Waals surface area (Å²) in [4.78, 5) is 23.1. The molecular weight excluding hydrogens is 382 g/mol. The second-order valence-electron chi connectivity index (χ2n) is 7.67. The Labute approximate surface area is 173 Å². The van der Waals surface area contributed by atoms with E-state index in [1.54, 1.807) is 6.07 Å². The number of H-pyrrole nitrogens is 3. The lowest BCUT2D eigenvalue weighted by atomic mass is 9.89. The average molecular weight is 405 g/mol. The molecule has 1 saturated heterocycles. The van der Waals surface area contributed by atoms with Crippen molar-refractivity contribution in [2.24, 2.45) is 0 Å². The van der Waals surface area contributed by atoms with E-state index >= 15 is 0 Å². The Balaban J connectivity index is 1.58. The maximum absolute atomic E-state index is 13.4. The van der Waals surface area contributed by atoms with E-state index in [4.69, 9.17) is 20.9 Å². The number of aryl methyl sites for hydroxylation is 2. The highest BCUT2D eigenvalue weighted by atomic mass is 16.7. The molecular formula is C22H23N5O3. The molecule has 7 N–H and O–H groups in total. The topological polar surface area (TPSA) is 135 Å². The fraction of sp³-hybridized carbons (Fsp3) is 0.227. The summed E-state index contributed by atoms with van der Waals surface area (Å²) in [5.74, 6) is -1.05. The van der Waals surface area contributed by atoms with Gasteiger partial charge in [-0.1, -0.05) is 6.08 Å². The van der Waals surface area contributed by atoms with Crippen LogP contribution < -0.4 is 11.5 Å². The van der Waals surface area contributed by atoms with Gasteiger partial charge in [0.05, 0.1) is 36.0 Å². The fourth-order valence-corrected chi connectivity index (χ4v) is 3.93.